The minimum Gasteiger partial charge on any atom is -0.497 e. The number of alkyl halides is 3. The van der Waals surface area contributed by atoms with E-state index in [0.29, 0.717) is 11.3 Å². The van der Waals surface area contributed by atoms with Crippen molar-refractivity contribution in [3.8, 4) is 17.0 Å². The van der Waals surface area contributed by atoms with Crippen LogP contribution in [0.2, 0.25) is 0 Å². The lowest BCUT2D eigenvalue weighted by Crippen LogP contribution is -2.10. The molecule has 0 fully saturated rings. The average Bonchev–Trinajstić information content (AvgIpc) is 2.73. The molecule has 0 saturated carbocycles. The topological polar surface area (TPSA) is 95.2 Å². The molecule has 0 aliphatic rings. The highest BCUT2D eigenvalue weighted by atomic mass is 32.2. The van der Waals surface area contributed by atoms with Crippen molar-refractivity contribution in [3.05, 3.63) is 69.9 Å². The summed E-state index contributed by atoms with van der Waals surface area (Å²) in [5.41, 5.74) is -1.03. The van der Waals surface area contributed by atoms with Gasteiger partial charge in [-0.05, 0) is 55.1 Å². The van der Waals surface area contributed by atoms with Crippen LogP contribution < -0.4 is 4.74 Å². The number of aromatic nitrogens is 2. The molecule has 7 nitrogen and oxygen atoms in total. The number of benzene rings is 2. The maximum absolute atomic E-state index is 13.4. The highest BCUT2D eigenvalue weighted by molar-refractivity contribution is 7.99. The lowest BCUT2D eigenvalue weighted by molar-refractivity contribution is -0.384. The third kappa shape index (κ3) is 5.18. The van der Waals surface area contributed by atoms with E-state index < -0.39 is 22.6 Å². The summed E-state index contributed by atoms with van der Waals surface area (Å²) in [6.45, 7) is 1.21. The van der Waals surface area contributed by atoms with Crippen LogP contribution >= 0.6 is 11.8 Å². The molecule has 11 heteroatoms. The zero-order chi connectivity index (χ0) is 22.8. The first kappa shape index (κ1) is 22.2. The Balaban J connectivity index is 2.08. The van der Waals surface area contributed by atoms with E-state index in [1.54, 1.807) is 24.3 Å². The number of nitro benzene ring substituents is 1. The minimum atomic E-state index is -4.72. The second kappa shape index (κ2) is 8.72. The number of halogens is 3. The Bertz CT molecular complexity index is 1150. The van der Waals surface area contributed by atoms with Crippen molar-refractivity contribution in [1.29, 1.82) is 0 Å². The summed E-state index contributed by atoms with van der Waals surface area (Å²) >= 11 is 0.719. The first-order valence-corrected chi connectivity index (χ1v) is 9.48. The fourth-order valence-corrected chi connectivity index (χ4v) is 3.55. The van der Waals surface area contributed by atoms with E-state index >= 15 is 0 Å². The maximum Gasteiger partial charge on any atom is 0.433 e. The Hall–Kier alpha value is -3.47. The van der Waals surface area contributed by atoms with Crippen LogP contribution in [0.1, 0.15) is 23.0 Å². The summed E-state index contributed by atoms with van der Waals surface area (Å²) in [5.74, 6) is 0.0500. The van der Waals surface area contributed by atoms with Gasteiger partial charge >= 0.3 is 6.18 Å². The van der Waals surface area contributed by atoms with Gasteiger partial charge in [-0.15, -0.1) is 0 Å². The second-order valence-electron chi connectivity index (χ2n) is 6.24. The van der Waals surface area contributed by atoms with Gasteiger partial charge in [-0.3, -0.25) is 14.9 Å². The number of ether oxygens (including phenoxy) is 1. The Morgan fingerprint density at radius 1 is 1.10 bits per heavy atom. The molecule has 0 atom stereocenters. The van der Waals surface area contributed by atoms with Crippen LogP contribution in [0.3, 0.4) is 0 Å². The van der Waals surface area contributed by atoms with Crippen molar-refractivity contribution in [3.63, 3.8) is 0 Å². The van der Waals surface area contributed by atoms with Gasteiger partial charge in [-0.2, -0.15) is 13.2 Å². The predicted octanol–water partition coefficient (Wildman–Crippen LogP) is 5.43. The van der Waals surface area contributed by atoms with E-state index in [4.69, 9.17) is 4.74 Å². The summed E-state index contributed by atoms with van der Waals surface area (Å²) in [7, 11) is 1.47. The molecule has 0 amide bonds. The van der Waals surface area contributed by atoms with Crippen molar-refractivity contribution >= 4 is 23.2 Å². The Labute approximate surface area is 178 Å². The number of Topliss-reactive ketones (excluding diaryl/α,β-unsaturated/α-hetero) is 1. The largest absolute Gasteiger partial charge is 0.497 e. The number of hydrogen-bond acceptors (Lipinski definition) is 7. The number of rotatable bonds is 6. The normalized spacial score (nSPS) is 11.3. The fourth-order valence-electron chi connectivity index (χ4n) is 2.62. The summed E-state index contributed by atoms with van der Waals surface area (Å²) in [6.07, 6.45) is -4.72. The molecule has 31 heavy (non-hydrogen) atoms. The van der Waals surface area contributed by atoms with Gasteiger partial charge in [0.15, 0.2) is 10.9 Å². The third-order valence-corrected chi connectivity index (χ3v) is 5.08. The van der Waals surface area contributed by atoms with Crippen LogP contribution in [-0.4, -0.2) is 27.8 Å². The van der Waals surface area contributed by atoms with Gasteiger partial charge in [0.2, 0.25) is 0 Å². The molecule has 3 aromatic rings. The van der Waals surface area contributed by atoms with Gasteiger partial charge in [0.05, 0.1) is 17.7 Å². The van der Waals surface area contributed by atoms with E-state index in [2.05, 4.69) is 9.97 Å². The molecule has 0 saturated heterocycles. The second-order valence-corrected chi connectivity index (χ2v) is 7.25. The molecule has 0 aliphatic heterocycles. The van der Waals surface area contributed by atoms with Crippen LogP contribution in [0.15, 0.2) is 58.6 Å². The first-order valence-electron chi connectivity index (χ1n) is 8.66. The molecule has 0 N–H and O–H groups in total. The number of ketones is 1. The number of nitro groups is 1. The lowest BCUT2D eigenvalue weighted by Gasteiger charge is -2.12. The van der Waals surface area contributed by atoms with Gasteiger partial charge in [-0.1, -0.05) is 0 Å². The van der Waals surface area contributed by atoms with Crippen molar-refractivity contribution < 1.29 is 27.6 Å². The van der Waals surface area contributed by atoms with Crippen LogP contribution in [-0.2, 0) is 6.18 Å². The fraction of sp³-hybridized carbons (Fsp3) is 0.150. The van der Waals surface area contributed by atoms with Crippen molar-refractivity contribution in [1.82, 2.24) is 9.97 Å². The molecule has 0 unspecified atom stereocenters. The average molecular weight is 449 g/mol. The van der Waals surface area contributed by atoms with Crippen LogP contribution in [0, 0.1) is 10.1 Å². The monoisotopic (exact) mass is 449 g/mol. The molecule has 3 rings (SSSR count). The molecular formula is C20H14F3N3O4S. The van der Waals surface area contributed by atoms with Gasteiger partial charge < -0.3 is 4.74 Å². The number of methoxy groups -OCH3 is 1. The van der Waals surface area contributed by atoms with E-state index in [9.17, 15) is 28.1 Å². The zero-order valence-electron chi connectivity index (χ0n) is 16.1. The minimum absolute atomic E-state index is 0.00814. The molecule has 2 aromatic carbocycles. The standard InChI is InChI=1S/C20H14F3N3O4S/c1-11(27)15-9-13(26(28)29)5-8-17(15)31-19-24-16(10-18(25-19)20(21,22)23)12-3-6-14(30-2)7-4-12/h3-10H,1-2H3. The van der Waals surface area contributed by atoms with E-state index in [1.807, 2.05) is 0 Å². The highest BCUT2D eigenvalue weighted by Crippen LogP contribution is 2.36. The highest BCUT2D eigenvalue weighted by Gasteiger charge is 2.34. The number of hydrogen-bond donors (Lipinski definition) is 0. The maximum atomic E-state index is 13.4. The van der Waals surface area contributed by atoms with Crippen molar-refractivity contribution in [2.75, 3.05) is 7.11 Å². The third-order valence-electron chi connectivity index (χ3n) is 4.14. The molecule has 0 bridgehead atoms. The van der Waals surface area contributed by atoms with Gasteiger partial charge in [0.25, 0.3) is 5.69 Å². The molecule has 160 valence electrons. The SMILES string of the molecule is COc1ccc(-c2cc(C(F)(F)F)nc(Sc3ccc([N+](=O)[O-])cc3C(C)=O)n2)cc1. The van der Waals surface area contributed by atoms with Crippen LogP contribution in [0.5, 0.6) is 5.75 Å². The van der Waals surface area contributed by atoms with E-state index in [0.717, 1.165) is 30.0 Å². The van der Waals surface area contributed by atoms with Gasteiger partial charge in [-0.25, -0.2) is 9.97 Å². The molecule has 0 radical (unpaired) electrons. The van der Waals surface area contributed by atoms with E-state index in [1.165, 1.54) is 20.1 Å². The number of nitrogens with zero attached hydrogens (tertiary/aromatic N) is 3. The summed E-state index contributed by atoms with van der Waals surface area (Å²) in [5, 5.41) is 10.7. The number of carbonyl (C=O) groups excluding carboxylic acids is 1. The summed E-state index contributed by atoms with van der Waals surface area (Å²) in [6, 6.07) is 10.6. The Morgan fingerprint density at radius 3 is 2.32 bits per heavy atom. The van der Waals surface area contributed by atoms with E-state index in [-0.39, 0.29) is 27.0 Å². The molecular weight excluding hydrogens is 435 g/mol. The van der Waals surface area contributed by atoms with Crippen LogP contribution in [0.25, 0.3) is 11.3 Å². The molecule has 1 aromatic heterocycles. The van der Waals surface area contributed by atoms with Gasteiger partial charge in [0.1, 0.15) is 11.4 Å². The quantitative estimate of drug-likeness (QED) is 0.214. The number of non-ortho nitro benzene ring substituents is 1. The summed E-state index contributed by atoms with van der Waals surface area (Å²) < 4.78 is 45.3. The number of carbonyl (C=O) groups is 1. The lowest BCUT2D eigenvalue weighted by atomic mass is 10.1. The zero-order valence-corrected chi connectivity index (χ0v) is 17.0. The van der Waals surface area contributed by atoms with Crippen LogP contribution in [0.4, 0.5) is 18.9 Å². The van der Waals surface area contributed by atoms with Gasteiger partial charge in [0, 0.05) is 28.2 Å². The first-order chi connectivity index (χ1) is 14.6. The summed E-state index contributed by atoms with van der Waals surface area (Å²) in [4.78, 5) is 30.2. The molecule has 0 spiro atoms. The predicted molar refractivity (Wildman–Crippen MR) is 106 cm³/mol. The van der Waals surface area contributed by atoms with Crippen molar-refractivity contribution in [2.45, 2.75) is 23.2 Å². The Morgan fingerprint density at radius 2 is 1.77 bits per heavy atom. The molecule has 0 aliphatic carbocycles. The Kier molecular flexibility index (Phi) is 6.25. The smallest absolute Gasteiger partial charge is 0.433 e. The van der Waals surface area contributed by atoms with Crippen molar-refractivity contribution in [2.24, 2.45) is 0 Å². The molecule has 1 heterocycles.